The van der Waals surface area contributed by atoms with Crippen LogP contribution in [-0.4, -0.2) is 59.5 Å². The molecule has 0 bridgehead atoms. The number of ketones is 1. The van der Waals surface area contributed by atoms with Crippen molar-refractivity contribution in [1.29, 1.82) is 0 Å². The summed E-state index contributed by atoms with van der Waals surface area (Å²) in [6.45, 7) is 6.43. The first-order valence-electron chi connectivity index (χ1n) is 6.75. The van der Waals surface area contributed by atoms with Crippen molar-refractivity contribution in [3.8, 4) is 0 Å². The Morgan fingerprint density at radius 1 is 1.47 bits per heavy atom. The van der Waals surface area contributed by atoms with Crippen LogP contribution in [0.4, 0.5) is 0 Å². The number of hydrogen-bond donors (Lipinski definition) is 0. The quantitative estimate of drug-likeness (QED) is 0.812. The van der Waals surface area contributed by atoms with E-state index in [-0.39, 0.29) is 17.7 Å². The van der Waals surface area contributed by atoms with Crippen LogP contribution >= 0.6 is 0 Å². The number of likely N-dealkylation sites (N-methyl/N-ethyl adjacent to an activating group) is 2. The molecule has 0 spiro atoms. The number of carbonyl (C=O) groups is 1. The van der Waals surface area contributed by atoms with Crippen LogP contribution in [-0.2, 0) is 4.79 Å². The second-order valence-corrected chi connectivity index (χ2v) is 5.32. The minimum absolute atomic E-state index is 0.0758. The van der Waals surface area contributed by atoms with Crippen molar-refractivity contribution >= 4 is 5.78 Å². The summed E-state index contributed by atoms with van der Waals surface area (Å²) >= 11 is 0. The largest absolute Gasteiger partial charge is 0.338 e. The number of rotatable bonds is 4. The maximum Gasteiger partial charge on any atom is 0.237 e. The Kier molecular flexibility index (Phi) is 4.31. The minimum atomic E-state index is -0.270. The van der Waals surface area contributed by atoms with Gasteiger partial charge in [0.2, 0.25) is 5.89 Å². The molecule has 0 radical (unpaired) electrons. The summed E-state index contributed by atoms with van der Waals surface area (Å²) < 4.78 is 5.29. The molecule has 1 aromatic rings. The molecule has 1 saturated heterocycles. The Labute approximate surface area is 113 Å². The van der Waals surface area contributed by atoms with E-state index in [1.807, 2.05) is 6.92 Å². The summed E-state index contributed by atoms with van der Waals surface area (Å²) in [5.74, 6) is 0.940. The first-order chi connectivity index (χ1) is 9.02. The number of hydrogen-bond acceptors (Lipinski definition) is 6. The molecule has 19 heavy (non-hydrogen) atoms. The second-order valence-electron chi connectivity index (χ2n) is 5.32. The summed E-state index contributed by atoms with van der Waals surface area (Å²) in [4.78, 5) is 20.5. The van der Waals surface area contributed by atoms with Crippen molar-refractivity contribution in [1.82, 2.24) is 19.9 Å². The molecule has 2 unspecified atom stereocenters. The zero-order chi connectivity index (χ0) is 14.0. The van der Waals surface area contributed by atoms with E-state index in [1.54, 1.807) is 6.92 Å². The number of nitrogens with zero attached hydrogens (tertiary/aromatic N) is 4. The lowest BCUT2D eigenvalue weighted by Gasteiger charge is -2.35. The average molecular weight is 266 g/mol. The zero-order valence-electron chi connectivity index (χ0n) is 12.1. The molecule has 0 saturated carbocycles. The molecule has 2 rings (SSSR count). The fraction of sp³-hybridized carbons (Fsp3) is 0.769. The maximum absolute atomic E-state index is 11.5. The topological polar surface area (TPSA) is 62.5 Å². The van der Waals surface area contributed by atoms with Crippen LogP contribution in [0.1, 0.15) is 43.9 Å². The van der Waals surface area contributed by atoms with Gasteiger partial charge in [0.25, 0.3) is 0 Å². The van der Waals surface area contributed by atoms with E-state index in [0.29, 0.717) is 18.1 Å². The Morgan fingerprint density at radius 2 is 2.21 bits per heavy atom. The highest BCUT2D eigenvalue weighted by Gasteiger charge is 2.29. The van der Waals surface area contributed by atoms with Crippen molar-refractivity contribution in [2.45, 2.75) is 32.2 Å². The van der Waals surface area contributed by atoms with Crippen LogP contribution in [0.2, 0.25) is 0 Å². The van der Waals surface area contributed by atoms with Gasteiger partial charge in [0.15, 0.2) is 5.82 Å². The number of Topliss-reactive ketones (excluding diaryl/α,β-unsaturated/α-hetero) is 1. The van der Waals surface area contributed by atoms with Gasteiger partial charge >= 0.3 is 0 Å². The smallest absolute Gasteiger partial charge is 0.237 e. The normalized spacial score (nSPS) is 23.5. The number of carbonyl (C=O) groups excluding carboxylic acids is 1. The molecule has 6 nitrogen and oxygen atoms in total. The van der Waals surface area contributed by atoms with Crippen molar-refractivity contribution in [2.75, 3.05) is 33.7 Å². The summed E-state index contributed by atoms with van der Waals surface area (Å²) in [6, 6.07) is 0.140. The Hall–Kier alpha value is -1.27. The molecule has 6 heteroatoms. The third-order valence-electron chi connectivity index (χ3n) is 3.80. The van der Waals surface area contributed by atoms with Gasteiger partial charge in [0.05, 0.1) is 12.0 Å². The van der Waals surface area contributed by atoms with Crippen LogP contribution in [0.3, 0.4) is 0 Å². The summed E-state index contributed by atoms with van der Waals surface area (Å²) in [5, 5.41) is 4.07. The molecule has 1 aliphatic heterocycles. The van der Waals surface area contributed by atoms with Crippen LogP contribution < -0.4 is 0 Å². The molecular weight excluding hydrogens is 244 g/mol. The lowest BCUT2D eigenvalue weighted by atomic mass is 10.0. The lowest BCUT2D eigenvalue weighted by molar-refractivity contribution is -0.119. The van der Waals surface area contributed by atoms with Gasteiger partial charge in [-0.05, 0) is 27.4 Å². The molecule has 0 amide bonds. The molecule has 2 heterocycles. The highest BCUT2D eigenvalue weighted by atomic mass is 16.5. The molecule has 106 valence electrons. The molecule has 2 atom stereocenters. The van der Waals surface area contributed by atoms with Crippen molar-refractivity contribution in [3.63, 3.8) is 0 Å². The maximum atomic E-state index is 11.5. The molecular formula is C13H22N4O2. The first kappa shape index (κ1) is 14.1. The van der Waals surface area contributed by atoms with E-state index < -0.39 is 0 Å². The Balaban J connectivity index is 2.18. The lowest BCUT2D eigenvalue weighted by Crippen LogP contribution is -2.45. The standard InChI is InChI=1S/C13H22N4O2/c1-5-10(9(2)18)13-14-12(15-19-13)11-8-16(3)6-7-17(11)4/h10-11H,5-8H2,1-4H3. The van der Waals surface area contributed by atoms with Gasteiger partial charge in [-0.1, -0.05) is 12.1 Å². The van der Waals surface area contributed by atoms with Gasteiger partial charge in [-0.3, -0.25) is 9.69 Å². The molecule has 0 N–H and O–H groups in total. The van der Waals surface area contributed by atoms with E-state index in [1.165, 1.54) is 0 Å². The van der Waals surface area contributed by atoms with Crippen LogP contribution in [0.5, 0.6) is 0 Å². The van der Waals surface area contributed by atoms with Crippen molar-refractivity contribution < 1.29 is 9.32 Å². The monoisotopic (exact) mass is 266 g/mol. The molecule has 0 aromatic carbocycles. The fourth-order valence-corrected chi connectivity index (χ4v) is 2.45. The van der Waals surface area contributed by atoms with E-state index >= 15 is 0 Å². The zero-order valence-corrected chi connectivity index (χ0v) is 12.1. The van der Waals surface area contributed by atoms with Crippen LogP contribution in [0, 0.1) is 0 Å². The number of piperazine rings is 1. The highest BCUT2D eigenvalue weighted by Crippen LogP contribution is 2.24. The SMILES string of the molecule is CCC(C(C)=O)c1nc(C2CN(C)CCN2C)no1. The van der Waals surface area contributed by atoms with Gasteiger partial charge in [0, 0.05) is 19.6 Å². The third kappa shape index (κ3) is 3.01. The summed E-state index contributed by atoms with van der Waals surface area (Å²) in [5.41, 5.74) is 0. The van der Waals surface area contributed by atoms with E-state index in [4.69, 9.17) is 4.52 Å². The average Bonchev–Trinajstić information content (AvgIpc) is 2.82. The van der Waals surface area contributed by atoms with Gasteiger partial charge in [-0.25, -0.2) is 0 Å². The molecule has 1 fully saturated rings. The Bertz CT molecular complexity index is 446. The van der Waals surface area contributed by atoms with Crippen LogP contribution in [0.15, 0.2) is 4.52 Å². The van der Waals surface area contributed by atoms with Crippen molar-refractivity contribution in [2.24, 2.45) is 0 Å². The van der Waals surface area contributed by atoms with Gasteiger partial charge in [-0.15, -0.1) is 0 Å². The fourth-order valence-electron chi connectivity index (χ4n) is 2.45. The molecule has 0 aliphatic carbocycles. The van der Waals surface area contributed by atoms with E-state index in [2.05, 4.69) is 34.0 Å². The van der Waals surface area contributed by atoms with E-state index in [0.717, 1.165) is 19.6 Å². The molecule has 1 aromatic heterocycles. The van der Waals surface area contributed by atoms with E-state index in [9.17, 15) is 4.79 Å². The minimum Gasteiger partial charge on any atom is -0.338 e. The summed E-state index contributed by atoms with van der Waals surface area (Å²) in [7, 11) is 4.15. The predicted octanol–water partition coefficient (Wildman–Crippen LogP) is 1.07. The van der Waals surface area contributed by atoms with Gasteiger partial charge < -0.3 is 9.42 Å². The van der Waals surface area contributed by atoms with Gasteiger partial charge in [0.1, 0.15) is 5.78 Å². The predicted molar refractivity (Wildman–Crippen MR) is 70.9 cm³/mol. The van der Waals surface area contributed by atoms with Gasteiger partial charge in [-0.2, -0.15) is 4.98 Å². The Morgan fingerprint density at radius 3 is 2.84 bits per heavy atom. The van der Waals surface area contributed by atoms with Crippen LogP contribution in [0.25, 0.3) is 0 Å². The second kappa shape index (κ2) is 5.79. The third-order valence-corrected chi connectivity index (χ3v) is 3.80. The summed E-state index contributed by atoms with van der Waals surface area (Å²) in [6.07, 6.45) is 0.692. The molecule has 1 aliphatic rings. The number of aromatic nitrogens is 2. The highest BCUT2D eigenvalue weighted by molar-refractivity contribution is 5.82. The van der Waals surface area contributed by atoms with Crippen molar-refractivity contribution in [3.05, 3.63) is 11.7 Å². The first-order valence-corrected chi connectivity index (χ1v) is 6.75.